The summed E-state index contributed by atoms with van der Waals surface area (Å²) in [6.07, 6.45) is 2.12. The third kappa shape index (κ3) is 3.49. The van der Waals surface area contributed by atoms with Crippen LogP contribution in [0, 0.1) is 12.3 Å². The zero-order valence-electron chi connectivity index (χ0n) is 9.61. The average Bonchev–Trinajstić information content (AvgIpc) is 2.38. The Kier molecular flexibility index (Phi) is 3.43. The summed E-state index contributed by atoms with van der Waals surface area (Å²) in [5, 5.41) is 0. The van der Waals surface area contributed by atoms with E-state index < -0.39 is 6.36 Å². The molecule has 19 heavy (non-hydrogen) atoms. The van der Waals surface area contributed by atoms with Crippen molar-refractivity contribution < 1.29 is 17.9 Å². The molecule has 0 aliphatic heterocycles. The zero-order chi connectivity index (χ0) is 13.9. The highest BCUT2D eigenvalue weighted by molar-refractivity contribution is 5.61. The standard InChI is InChI=1S/C14H8F3NO/c1-2-10-7-8-18-13(9-10)11-3-5-12(6-4-11)19-14(15,16)17/h1,3-9H. The lowest BCUT2D eigenvalue weighted by atomic mass is 10.1. The maximum absolute atomic E-state index is 12.0. The van der Waals surface area contributed by atoms with E-state index in [1.807, 2.05) is 0 Å². The molecule has 1 heterocycles. The van der Waals surface area contributed by atoms with Crippen molar-refractivity contribution in [3.8, 4) is 29.4 Å². The molecule has 5 heteroatoms. The first-order chi connectivity index (χ1) is 8.98. The summed E-state index contributed by atoms with van der Waals surface area (Å²) in [6.45, 7) is 0. The molecule has 96 valence electrons. The number of benzene rings is 1. The lowest BCUT2D eigenvalue weighted by Crippen LogP contribution is -2.16. The van der Waals surface area contributed by atoms with Crippen LogP contribution in [-0.2, 0) is 0 Å². The van der Waals surface area contributed by atoms with Crippen molar-refractivity contribution in [1.82, 2.24) is 4.98 Å². The fourth-order valence-electron chi connectivity index (χ4n) is 1.51. The number of hydrogen-bond donors (Lipinski definition) is 0. The minimum absolute atomic E-state index is 0.274. The minimum atomic E-state index is -4.69. The molecule has 0 spiro atoms. The fourth-order valence-corrected chi connectivity index (χ4v) is 1.51. The molecule has 2 aromatic rings. The summed E-state index contributed by atoms with van der Waals surface area (Å²) in [5.41, 5.74) is 1.90. The second-order valence-electron chi connectivity index (χ2n) is 3.65. The largest absolute Gasteiger partial charge is 0.573 e. The van der Waals surface area contributed by atoms with Crippen molar-refractivity contribution in [3.63, 3.8) is 0 Å². The first-order valence-electron chi connectivity index (χ1n) is 5.27. The van der Waals surface area contributed by atoms with Crippen LogP contribution in [0.1, 0.15) is 5.56 Å². The summed E-state index contributed by atoms with van der Waals surface area (Å²) >= 11 is 0. The molecule has 0 amide bonds. The Morgan fingerprint density at radius 3 is 2.37 bits per heavy atom. The lowest BCUT2D eigenvalue weighted by Gasteiger charge is -2.09. The van der Waals surface area contributed by atoms with Gasteiger partial charge in [-0.1, -0.05) is 5.92 Å². The van der Waals surface area contributed by atoms with Gasteiger partial charge in [-0.2, -0.15) is 0 Å². The number of aromatic nitrogens is 1. The molecule has 0 aliphatic carbocycles. The Morgan fingerprint density at radius 1 is 1.11 bits per heavy atom. The van der Waals surface area contributed by atoms with Crippen molar-refractivity contribution in [2.75, 3.05) is 0 Å². The number of rotatable bonds is 2. The molecule has 2 rings (SSSR count). The number of pyridine rings is 1. The van der Waals surface area contributed by atoms with Gasteiger partial charge in [-0.25, -0.2) is 0 Å². The van der Waals surface area contributed by atoms with Gasteiger partial charge in [-0.15, -0.1) is 19.6 Å². The molecule has 0 aliphatic rings. The van der Waals surface area contributed by atoms with Crippen LogP contribution >= 0.6 is 0 Å². The van der Waals surface area contributed by atoms with Crippen LogP contribution in [0.25, 0.3) is 11.3 Å². The van der Waals surface area contributed by atoms with Gasteiger partial charge in [-0.05, 0) is 36.4 Å². The monoisotopic (exact) mass is 263 g/mol. The van der Waals surface area contributed by atoms with Crippen LogP contribution in [0.2, 0.25) is 0 Å². The molecular formula is C14H8F3NO. The molecule has 0 fully saturated rings. The fraction of sp³-hybridized carbons (Fsp3) is 0.0714. The van der Waals surface area contributed by atoms with Gasteiger partial charge < -0.3 is 4.74 Å². The predicted octanol–water partition coefficient (Wildman–Crippen LogP) is 3.63. The average molecular weight is 263 g/mol. The summed E-state index contributed by atoms with van der Waals surface area (Å²) in [7, 11) is 0. The van der Waals surface area contributed by atoms with Gasteiger partial charge in [0.05, 0.1) is 5.69 Å². The Labute approximate surface area is 107 Å². The SMILES string of the molecule is C#Cc1ccnc(-c2ccc(OC(F)(F)F)cc2)c1. The highest BCUT2D eigenvalue weighted by Gasteiger charge is 2.30. The molecule has 0 radical (unpaired) electrons. The van der Waals surface area contributed by atoms with E-state index in [1.165, 1.54) is 24.3 Å². The maximum atomic E-state index is 12.0. The Morgan fingerprint density at radius 2 is 1.79 bits per heavy atom. The summed E-state index contributed by atoms with van der Waals surface area (Å²) in [5.74, 6) is 2.19. The first kappa shape index (κ1) is 13.0. The third-order valence-electron chi connectivity index (χ3n) is 2.31. The summed E-state index contributed by atoms with van der Waals surface area (Å²) in [4.78, 5) is 4.10. The topological polar surface area (TPSA) is 22.1 Å². The van der Waals surface area contributed by atoms with Crippen molar-refractivity contribution in [2.45, 2.75) is 6.36 Å². The van der Waals surface area contributed by atoms with Crippen LogP contribution in [0.5, 0.6) is 5.75 Å². The Bertz CT molecular complexity index is 612. The smallest absolute Gasteiger partial charge is 0.406 e. The Balaban J connectivity index is 2.25. The van der Waals surface area contributed by atoms with E-state index in [-0.39, 0.29) is 5.75 Å². The normalized spacial score (nSPS) is 10.8. The molecule has 0 unspecified atom stereocenters. The molecule has 1 aromatic heterocycles. The van der Waals surface area contributed by atoms with Crippen LogP contribution in [0.4, 0.5) is 13.2 Å². The van der Waals surface area contributed by atoms with E-state index in [0.717, 1.165) is 0 Å². The highest BCUT2D eigenvalue weighted by Crippen LogP contribution is 2.25. The second kappa shape index (κ2) is 5.02. The van der Waals surface area contributed by atoms with Gasteiger partial charge in [0.2, 0.25) is 0 Å². The van der Waals surface area contributed by atoms with Crippen LogP contribution in [0.15, 0.2) is 42.6 Å². The number of hydrogen-bond acceptors (Lipinski definition) is 2. The number of ether oxygens (including phenoxy) is 1. The van der Waals surface area contributed by atoms with Gasteiger partial charge in [0.15, 0.2) is 0 Å². The number of alkyl halides is 3. The van der Waals surface area contributed by atoms with Crippen molar-refractivity contribution in [3.05, 3.63) is 48.2 Å². The lowest BCUT2D eigenvalue weighted by molar-refractivity contribution is -0.274. The van der Waals surface area contributed by atoms with Crippen LogP contribution in [0.3, 0.4) is 0 Å². The molecule has 0 bridgehead atoms. The van der Waals surface area contributed by atoms with Gasteiger partial charge >= 0.3 is 6.36 Å². The van der Waals surface area contributed by atoms with E-state index in [4.69, 9.17) is 6.42 Å². The predicted molar refractivity (Wildman–Crippen MR) is 64.3 cm³/mol. The second-order valence-corrected chi connectivity index (χ2v) is 3.65. The highest BCUT2D eigenvalue weighted by atomic mass is 19.4. The summed E-state index contributed by atoms with van der Waals surface area (Å²) in [6, 6.07) is 8.79. The summed E-state index contributed by atoms with van der Waals surface area (Å²) < 4.78 is 39.8. The molecule has 0 saturated carbocycles. The quantitative estimate of drug-likeness (QED) is 0.772. The van der Waals surface area contributed by atoms with E-state index in [1.54, 1.807) is 18.3 Å². The van der Waals surface area contributed by atoms with E-state index >= 15 is 0 Å². The third-order valence-corrected chi connectivity index (χ3v) is 2.31. The van der Waals surface area contributed by atoms with Crippen LogP contribution in [-0.4, -0.2) is 11.3 Å². The molecular weight excluding hydrogens is 255 g/mol. The first-order valence-corrected chi connectivity index (χ1v) is 5.27. The van der Waals surface area contributed by atoms with Gasteiger partial charge in [0.1, 0.15) is 5.75 Å². The van der Waals surface area contributed by atoms with Crippen LogP contribution < -0.4 is 4.74 Å². The van der Waals surface area contributed by atoms with E-state index in [9.17, 15) is 13.2 Å². The van der Waals surface area contributed by atoms with Crippen molar-refractivity contribution in [1.29, 1.82) is 0 Å². The van der Waals surface area contributed by atoms with Gasteiger partial charge in [0.25, 0.3) is 0 Å². The van der Waals surface area contributed by atoms with Crippen molar-refractivity contribution in [2.24, 2.45) is 0 Å². The number of halogens is 3. The Hall–Kier alpha value is -2.48. The number of terminal acetylenes is 1. The molecule has 0 saturated heterocycles. The molecule has 0 N–H and O–H groups in total. The maximum Gasteiger partial charge on any atom is 0.573 e. The zero-order valence-corrected chi connectivity index (χ0v) is 9.61. The van der Waals surface area contributed by atoms with E-state index in [0.29, 0.717) is 16.8 Å². The van der Waals surface area contributed by atoms with Crippen molar-refractivity contribution >= 4 is 0 Å². The minimum Gasteiger partial charge on any atom is -0.406 e. The van der Waals surface area contributed by atoms with E-state index in [2.05, 4.69) is 15.6 Å². The number of nitrogens with zero attached hydrogens (tertiary/aromatic N) is 1. The molecule has 2 nitrogen and oxygen atoms in total. The molecule has 1 aromatic carbocycles. The molecule has 0 atom stereocenters. The van der Waals surface area contributed by atoms with Gasteiger partial charge in [-0.3, -0.25) is 4.98 Å². The van der Waals surface area contributed by atoms with Gasteiger partial charge in [0, 0.05) is 17.3 Å².